The highest BCUT2D eigenvalue weighted by Gasteiger charge is 2.18. The molecular weight excluding hydrogens is 259 g/mol. The van der Waals surface area contributed by atoms with Crippen molar-refractivity contribution in [2.75, 3.05) is 0 Å². The fraction of sp³-hybridized carbons (Fsp3) is 0.500. The van der Waals surface area contributed by atoms with E-state index in [0.29, 0.717) is 5.69 Å². The number of sulfone groups is 1. The first-order valence-corrected chi connectivity index (χ1v) is 6.69. The molecule has 0 aliphatic heterocycles. The van der Waals surface area contributed by atoms with Crippen molar-refractivity contribution in [2.45, 2.75) is 24.9 Å². The van der Waals surface area contributed by atoms with Crippen LogP contribution < -0.4 is 0 Å². The summed E-state index contributed by atoms with van der Waals surface area (Å²) in [7, 11) is -3.19. The van der Waals surface area contributed by atoms with E-state index in [0.717, 1.165) is 0 Å². The van der Waals surface area contributed by atoms with Gasteiger partial charge in [0.25, 0.3) is 0 Å². The minimum absolute atomic E-state index is 0.0449. The Morgan fingerprint density at radius 3 is 2.40 bits per heavy atom. The molecular formula is C8H10Cl2N2O2S. The van der Waals surface area contributed by atoms with Crippen molar-refractivity contribution < 1.29 is 8.42 Å². The van der Waals surface area contributed by atoms with E-state index in [9.17, 15) is 8.42 Å². The fourth-order valence-electron chi connectivity index (χ4n) is 0.880. The molecule has 0 aliphatic rings. The van der Waals surface area contributed by atoms with Gasteiger partial charge >= 0.3 is 0 Å². The van der Waals surface area contributed by atoms with Gasteiger partial charge in [0.15, 0.2) is 9.84 Å². The van der Waals surface area contributed by atoms with Crippen LogP contribution in [0.2, 0.25) is 10.4 Å². The third-order valence-corrected chi connectivity index (χ3v) is 4.29. The van der Waals surface area contributed by atoms with Gasteiger partial charge in [0.05, 0.1) is 16.7 Å². The average Bonchev–Trinajstić information content (AvgIpc) is 1.99. The molecule has 7 heteroatoms. The topological polar surface area (TPSA) is 59.9 Å². The van der Waals surface area contributed by atoms with Crippen molar-refractivity contribution >= 4 is 33.0 Å². The van der Waals surface area contributed by atoms with Crippen LogP contribution in [0.5, 0.6) is 0 Å². The molecule has 1 rings (SSSR count). The highest BCUT2D eigenvalue weighted by molar-refractivity contribution is 7.91. The zero-order valence-corrected chi connectivity index (χ0v) is 10.6. The van der Waals surface area contributed by atoms with Gasteiger partial charge in [-0.15, -0.1) is 0 Å². The Labute approximate surface area is 98.6 Å². The van der Waals surface area contributed by atoms with Gasteiger partial charge in [-0.05, 0) is 31.5 Å². The van der Waals surface area contributed by atoms with E-state index in [1.54, 1.807) is 13.8 Å². The van der Waals surface area contributed by atoms with Gasteiger partial charge in [-0.2, -0.15) is 0 Å². The number of hydrogen-bond donors (Lipinski definition) is 0. The lowest BCUT2D eigenvalue weighted by atomic mass is 10.5. The summed E-state index contributed by atoms with van der Waals surface area (Å²) in [6, 6.07) is 1.40. The van der Waals surface area contributed by atoms with Gasteiger partial charge in [-0.1, -0.05) is 11.6 Å². The van der Waals surface area contributed by atoms with Gasteiger partial charge in [-0.3, -0.25) is 0 Å². The summed E-state index contributed by atoms with van der Waals surface area (Å²) in [6.07, 6.45) is 0. The van der Waals surface area contributed by atoms with Crippen molar-refractivity contribution in [3.8, 4) is 0 Å². The van der Waals surface area contributed by atoms with E-state index in [-0.39, 0.29) is 16.2 Å². The van der Waals surface area contributed by atoms with Crippen LogP contribution in [0.1, 0.15) is 19.5 Å². The zero-order chi connectivity index (χ0) is 11.6. The summed E-state index contributed by atoms with van der Waals surface area (Å²) in [6.45, 7) is 3.22. The highest BCUT2D eigenvalue weighted by Crippen LogP contribution is 2.14. The lowest BCUT2D eigenvalue weighted by Crippen LogP contribution is -2.16. The molecule has 0 amide bonds. The lowest BCUT2D eigenvalue weighted by Gasteiger charge is -2.07. The van der Waals surface area contributed by atoms with E-state index in [4.69, 9.17) is 23.2 Å². The van der Waals surface area contributed by atoms with E-state index in [1.807, 2.05) is 0 Å². The minimum atomic E-state index is -3.19. The molecule has 15 heavy (non-hydrogen) atoms. The number of rotatable bonds is 3. The maximum absolute atomic E-state index is 11.6. The number of halogens is 2. The molecule has 1 aromatic rings. The monoisotopic (exact) mass is 268 g/mol. The first-order chi connectivity index (χ1) is 6.81. The standard InChI is InChI=1S/C8H10Cl2N2O2S/c1-5(2)15(13,14)4-6-3-7(9)12-8(10)11-6/h3,5H,4H2,1-2H3. The Kier molecular flexibility index (Phi) is 3.92. The smallest absolute Gasteiger partial charge is 0.224 e. The summed E-state index contributed by atoms with van der Waals surface area (Å²) in [5.41, 5.74) is 0.314. The first kappa shape index (κ1) is 12.7. The molecule has 84 valence electrons. The fourth-order valence-corrected chi connectivity index (χ4v) is 2.22. The Morgan fingerprint density at radius 2 is 1.93 bits per heavy atom. The van der Waals surface area contributed by atoms with Gasteiger partial charge in [0.2, 0.25) is 5.28 Å². The second kappa shape index (κ2) is 4.63. The maximum atomic E-state index is 11.6. The van der Waals surface area contributed by atoms with E-state index in [1.165, 1.54) is 6.07 Å². The molecule has 0 radical (unpaired) electrons. The SMILES string of the molecule is CC(C)S(=O)(=O)Cc1cc(Cl)nc(Cl)n1. The molecule has 0 unspecified atom stereocenters. The molecule has 0 saturated carbocycles. The quantitative estimate of drug-likeness (QED) is 0.622. The lowest BCUT2D eigenvalue weighted by molar-refractivity contribution is 0.586. The van der Waals surface area contributed by atoms with Crippen molar-refractivity contribution in [1.82, 2.24) is 9.97 Å². The molecule has 1 heterocycles. The maximum Gasteiger partial charge on any atom is 0.224 e. The van der Waals surface area contributed by atoms with Crippen LogP contribution in [0, 0.1) is 0 Å². The molecule has 1 aromatic heterocycles. The molecule has 0 bridgehead atoms. The third-order valence-electron chi connectivity index (χ3n) is 1.79. The molecule has 0 N–H and O–H groups in total. The van der Waals surface area contributed by atoms with Gasteiger partial charge < -0.3 is 0 Å². The zero-order valence-electron chi connectivity index (χ0n) is 8.24. The van der Waals surface area contributed by atoms with Crippen LogP contribution in [0.4, 0.5) is 0 Å². The van der Waals surface area contributed by atoms with Crippen LogP contribution in [0.15, 0.2) is 6.07 Å². The van der Waals surface area contributed by atoms with Crippen LogP contribution in [-0.4, -0.2) is 23.6 Å². The first-order valence-electron chi connectivity index (χ1n) is 4.22. The summed E-state index contributed by atoms with van der Waals surface area (Å²) in [5.74, 6) is -0.174. The second-order valence-electron chi connectivity index (χ2n) is 3.31. The van der Waals surface area contributed by atoms with Crippen molar-refractivity contribution in [2.24, 2.45) is 0 Å². The molecule has 0 fully saturated rings. The van der Waals surface area contributed by atoms with Crippen LogP contribution in [-0.2, 0) is 15.6 Å². The Bertz CT molecular complexity index is 439. The summed E-state index contributed by atoms with van der Waals surface area (Å²) < 4.78 is 23.2. The Hall–Kier alpha value is -0.390. The molecule has 0 spiro atoms. The van der Waals surface area contributed by atoms with E-state index >= 15 is 0 Å². The van der Waals surface area contributed by atoms with Crippen molar-refractivity contribution in [1.29, 1.82) is 0 Å². The third kappa shape index (κ3) is 3.59. The molecule has 0 atom stereocenters. The molecule has 0 saturated heterocycles. The Balaban J connectivity index is 3.00. The average molecular weight is 269 g/mol. The van der Waals surface area contributed by atoms with Crippen molar-refractivity contribution in [3.05, 3.63) is 22.2 Å². The number of aromatic nitrogens is 2. The van der Waals surface area contributed by atoms with Crippen molar-refractivity contribution in [3.63, 3.8) is 0 Å². The van der Waals surface area contributed by atoms with Gasteiger partial charge in [-0.25, -0.2) is 18.4 Å². The molecule has 4 nitrogen and oxygen atoms in total. The van der Waals surface area contributed by atoms with Gasteiger partial charge in [0.1, 0.15) is 5.15 Å². The molecule has 0 aliphatic carbocycles. The van der Waals surface area contributed by atoms with E-state index in [2.05, 4.69) is 9.97 Å². The minimum Gasteiger partial charge on any atom is -0.228 e. The molecule has 0 aromatic carbocycles. The van der Waals surface area contributed by atoms with Crippen LogP contribution in [0.3, 0.4) is 0 Å². The van der Waals surface area contributed by atoms with E-state index < -0.39 is 15.1 Å². The second-order valence-corrected chi connectivity index (χ2v) is 6.59. The van der Waals surface area contributed by atoms with Crippen LogP contribution >= 0.6 is 23.2 Å². The van der Waals surface area contributed by atoms with Gasteiger partial charge in [0, 0.05) is 0 Å². The highest BCUT2D eigenvalue weighted by atomic mass is 35.5. The normalized spacial score (nSPS) is 12.1. The Morgan fingerprint density at radius 1 is 1.33 bits per heavy atom. The predicted molar refractivity (Wildman–Crippen MR) is 59.8 cm³/mol. The number of nitrogens with zero attached hydrogens (tertiary/aromatic N) is 2. The summed E-state index contributed by atoms with van der Waals surface area (Å²) in [5, 5.41) is -0.356. The number of hydrogen-bond acceptors (Lipinski definition) is 4. The largest absolute Gasteiger partial charge is 0.228 e. The summed E-state index contributed by atoms with van der Waals surface area (Å²) in [4.78, 5) is 7.43. The summed E-state index contributed by atoms with van der Waals surface area (Å²) >= 11 is 11.2. The van der Waals surface area contributed by atoms with Crippen LogP contribution in [0.25, 0.3) is 0 Å². The predicted octanol–water partition coefficient (Wildman–Crippen LogP) is 2.11.